The molecule has 0 bridgehead atoms. The Kier molecular flexibility index (Phi) is 10.7. The molecular weight excluding hydrogens is 322 g/mol. The number of carbonyl (C=O) groups excluding carboxylic acids is 1. The molecule has 0 spiro atoms. The first-order chi connectivity index (χ1) is 12.0. The summed E-state index contributed by atoms with van der Waals surface area (Å²) in [5.41, 5.74) is 4.20. The van der Waals surface area contributed by atoms with Crippen LogP contribution in [0.5, 0.6) is 0 Å². The normalized spacial score (nSPS) is 12.6. The molecule has 0 fully saturated rings. The zero-order valence-corrected chi connectivity index (χ0v) is 18.0. The van der Waals surface area contributed by atoms with Gasteiger partial charge in [0.25, 0.3) is 0 Å². The van der Waals surface area contributed by atoms with E-state index in [0.717, 1.165) is 48.6 Å². The third-order valence-corrected chi connectivity index (χ3v) is 4.48. The molecule has 0 aliphatic heterocycles. The topological polar surface area (TPSA) is 44.4 Å². The summed E-state index contributed by atoms with van der Waals surface area (Å²) in [4.78, 5) is 14.2. The van der Waals surface area contributed by atoms with Gasteiger partial charge in [-0.15, -0.1) is 0 Å². The monoisotopic (exact) mass is 361 g/mol. The van der Waals surface area contributed by atoms with Crippen LogP contribution < -0.4 is 10.6 Å². The van der Waals surface area contributed by atoms with Gasteiger partial charge in [0.15, 0.2) is 5.78 Å². The Bertz CT molecular complexity index is 550. The van der Waals surface area contributed by atoms with Gasteiger partial charge in [-0.25, -0.2) is 0 Å². The average molecular weight is 362 g/mol. The lowest BCUT2D eigenvalue weighted by atomic mass is 9.87. The first-order valence-electron chi connectivity index (χ1n) is 9.43. The summed E-state index contributed by atoms with van der Waals surface area (Å²) in [6.45, 7) is 22.6. The summed E-state index contributed by atoms with van der Waals surface area (Å²) >= 11 is 0. The molecule has 0 aliphatic rings. The molecule has 0 aliphatic carbocycles. The predicted octanol–water partition coefficient (Wildman–Crippen LogP) is 4.39. The second-order valence-electron chi connectivity index (χ2n) is 7.80. The molecule has 0 rings (SSSR count). The third kappa shape index (κ3) is 10.1. The predicted molar refractivity (Wildman–Crippen MR) is 114 cm³/mol. The van der Waals surface area contributed by atoms with Crippen molar-refractivity contribution in [2.45, 2.75) is 54.4 Å². The van der Waals surface area contributed by atoms with Crippen LogP contribution in [0.25, 0.3) is 0 Å². The number of allylic oxidation sites excluding steroid dienone is 5. The van der Waals surface area contributed by atoms with Crippen LogP contribution in [0.2, 0.25) is 0 Å². The van der Waals surface area contributed by atoms with Crippen LogP contribution in [-0.4, -0.2) is 37.4 Å². The number of hydrogen-bond donors (Lipinski definition) is 2. The maximum atomic E-state index is 12.0. The lowest BCUT2D eigenvalue weighted by Gasteiger charge is -2.23. The first kappa shape index (κ1) is 24.0. The lowest BCUT2D eigenvalue weighted by molar-refractivity contribution is -0.113. The first-order valence-corrected chi connectivity index (χ1v) is 9.43. The van der Waals surface area contributed by atoms with E-state index in [1.807, 2.05) is 13.0 Å². The molecule has 0 aromatic heterocycles. The molecule has 0 saturated heterocycles. The van der Waals surface area contributed by atoms with Crippen LogP contribution in [0, 0.1) is 5.41 Å². The summed E-state index contributed by atoms with van der Waals surface area (Å²) in [5, 5.41) is 6.47. The van der Waals surface area contributed by atoms with Crippen molar-refractivity contribution in [3.05, 3.63) is 48.0 Å². The van der Waals surface area contributed by atoms with Crippen molar-refractivity contribution >= 4 is 5.78 Å². The van der Waals surface area contributed by atoms with Gasteiger partial charge in [-0.2, -0.15) is 0 Å². The Balaban J connectivity index is 4.42. The van der Waals surface area contributed by atoms with E-state index < -0.39 is 0 Å². The highest BCUT2D eigenvalue weighted by Crippen LogP contribution is 2.24. The number of nitrogens with one attached hydrogen (secondary N) is 2. The minimum atomic E-state index is -0.0166. The highest BCUT2D eigenvalue weighted by molar-refractivity contribution is 5.91. The number of nitrogens with zero attached hydrogens (tertiary/aromatic N) is 1. The molecular formula is C22H39N3O. The number of carbonyl (C=O) groups is 1. The molecule has 148 valence electrons. The van der Waals surface area contributed by atoms with E-state index in [1.165, 1.54) is 0 Å². The van der Waals surface area contributed by atoms with Crippen LogP contribution >= 0.6 is 0 Å². The van der Waals surface area contributed by atoms with Crippen molar-refractivity contribution in [1.82, 2.24) is 15.5 Å². The van der Waals surface area contributed by atoms with Crippen molar-refractivity contribution in [3.8, 4) is 0 Å². The average Bonchev–Trinajstić information content (AvgIpc) is 2.55. The van der Waals surface area contributed by atoms with Crippen LogP contribution in [0.3, 0.4) is 0 Å². The van der Waals surface area contributed by atoms with Crippen LogP contribution in [-0.2, 0) is 4.79 Å². The third-order valence-electron chi connectivity index (χ3n) is 4.48. The minimum absolute atomic E-state index is 0.0166. The molecule has 2 N–H and O–H groups in total. The van der Waals surface area contributed by atoms with Gasteiger partial charge in [0.1, 0.15) is 0 Å². The Morgan fingerprint density at radius 1 is 1.12 bits per heavy atom. The van der Waals surface area contributed by atoms with E-state index in [4.69, 9.17) is 0 Å². The summed E-state index contributed by atoms with van der Waals surface area (Å²) in [6.07, 6.45) is 5.45. The van der Waals surface area contributed by atoms with Crippen molar-refractivity contribution in [2.75, 3.05) is 26.7 Å². The fourth-order valence-electron chi connectivity index (χ4n) is 2.17. The Labute approximate surface area is 161 Å². The maximum absolute atomic E-state index is 12.0. The Morgan fingerprint density at radius 3 is 2.27 bits per heavy atom. The van der Waals surface area contributed by atoms with E-state index in [2.05, 4.69) is 70.4 Å². The second kappa shape index (κ2) is 11.6. The van der Waals surface area contributed by atoms with Crippen LogP contribution in [0.4, 0.5) is 0 Å². The molecule has 0 heterocycles. The standard InChI is InChI=1S/C22H39N3O/c1-10-23-18(3)12-11-15-25(9)20(5)19(4)24-16-21(26)14-13-17(2)22(6,7)8/h13-14,23-24H,2-3,10-12,15-16H2,1,4-9H3/b14-13+,20-19-. The largest absolute Gasteiger partial charge is 0.389 e. The second-order valence-corrected chi connectivity index (χ2v) is 7.80. The number of ketones is 1. The van der Waals surface area contributed by atoms with Gasteiger partial charge in [-0.05, 0) is 50.7 Å². The molecule has 4 nitrogen and oxygen atoms in total. The van der Waals surface area contributed by atoms with Gasteiger partial charge in [-0.3, -0.25) is 4.79 Å². The maximum Gasteiger partial charge on any atom is 0.174 e. The molecule has 26 heavy (non-hydrogen) atoms. The van der Waals surface area contributed by atoms with Crippen molar-refractivity contribution < 1.29 is 4.79 Å². The van der Waals surface area contributed by atoms with Gasteiger partial charge >= 0.3 is 0 Å². The minimum Gasteiger partial charge on any atom is -0.389 e. The SMILES string of the molecule is C=C(CCCN(C)/C(C)=C(/C)NCC(=O)/C=C/C(=C)C(C)(C)C)NCC. The van der Waals surface area contributed by atoms with Gasteiger partial charge in [0.05, 0.1) is 6.54 Å². The van der Waals surface area contributed by atoms with Gasteiger partial charge < -0.3 is 15.5 Å². The molecule has 0 aromatic rings. The fourth-order valence-corrected chi connectivity index (χ4v) is 2.17. The molecule has 0 unspecified atom stereocenters. The van der Waals surface area contributed by atoms with E-state index in [9.17, 15) is 4.79 Å². The molecule has 0 radical (unpaired) electrons. The Hall–Kier alpha value is -1.97. The zero-order valence-electron chi connectivity index (χ0n) is 18.0. The van der Waals surface area contributed by atoms with Gasteiger partial charge in [0, 0.05) is 37.2 Å². The van der Waals surface area contributed by atoms with Crippen molar-refractivity contribution in [2.24, 2.45) is 5.41 Å². The highest BCUT2D eigenvalue weighted by Gasteiger charge is 2.12. The molecule has 0 amide bonds. The van der Waals surface area contributed by atoms with Gasteiger partial charge in [-0.1, -0.05) is 40.0 Å². The Morgan fingerprint density at radius 2 is 1.73 bits per heavy atom. The zero-order chi connectivity index (χ0) is 20.3. The number of rotatable bonds is 12. The van der Waals surface area contributed by atoms with E-state index in [1.54, 1.807) is 6.08 Å². The van der Waals surface area contributed by atoms with E-state index in [0.29, 0.717) is 6.54 Å². The van der Waals surface area contributed by atoms with Gasteiger partial charge in [0.2, 0.25) is 0 Å². The molecule has 0 saturated carbocycles. The van der Waals surface area contributed by atoms with Crippen molar-refractivity contribution in [1.29, 1.82) is 0 Å². The quantitative estimate of drug-likeness (QED) is 0.400. The smallest absolute Gasteiger partial charge is 0.174 e. The summed E-state index contributed by atoms with van der Waals surface area (Å²) < 4.78 is 0. The van der Waals surface area contributed by atoms with E-state index >= 15 is 0 Å². The molecule has 0 atom stereocenters. The summed E-state index contributed by atoms with van der Waals surface area (Å²) in [5.74, 6) is 0.0483. The van der Waals surface area contributed by atoms with Crippen LogP contribution in [0.15, 0.2) is 48.0 Å². The summed E-state index contributed by atoms with van der Waals surface area (Å²) in [7, 11) is 2.07. The fraction of sp³-hybridized carbons (Fsp3) is 0.591. The van der Waals surface area contributed by atoms with E-state index in [-0.39, 0.29) is 11.2 Å². The number of hydrogen-bond acceptors (Lipinski definition) is 4. The lowest BCUT2D eigenvalue weighted by Crippen LogP contribution is -2.26. The summed E-state index contributed by atoms with van der Waals surface area (Å²) in [6, 6.07) is 0. The molecule has 4 heteroatoms. The van der Waals surface area contributed by atoms with Crippen LogP contribution in [0.1, 0.15) is 54.4 Å². The highest BCUT2D eigenvalue weighted by atomic mass is 16.1. The van der Waals surface area contributed by atoms with Crippen molar-refractivity contribution in [3.63, 3.8) is 0 Å². The molecule has 0 aromatic carbocycles.